The fourth-order valence-corrected chi connectivity index (χ4v) is 2.08. The second-order valence-corrected chi connectivity index (χ2v) is 4.89. The summed E-state index contributed by atoms with van der Waals surface area (Å²) in [5.74, 6) is -2.47. The zero-order valence-corrected chi connectivity index (χ0v) is 11.0. The fourth-order valence-electron chi connectivity index (χ4n) is 2.08. The van der Waals surface area contributed by atoms with Crippen molar-refractivity contribution in [2.45, 2.75) is 33.2 Å². The predicted octanol–water partition coefficient (Wildman–Crippen LogP) is 0.0802. The summed E-state index contributed by atoms with van der Waals surface area (Å²) >= 11 is 0. The maximum absolute atomic E-state index is 12.1. The zero-order chi connectivity index (χ0) is 13.9. The van der Waals surface area contributed by atoms with Gasteiger partial charge in [-0.3, -0.25) is 14.4 Å². The van der Waals surface area contributed by atoms with Crippen LogP contribution in [0.1, 0.15) is 27.2 Å². The summed E-state index contributed by atoms with van der Waals surface area (Å²) in [4.78, 5) is 35.5. The van der Waals surface area contributed by atoms with Crippen LogP contribution in [0, 0.1) is 11.8 Å². The minimum atomic E-state index is -0.964. The second kappa shape index (κ2) is 5.84. The lowest BCUT2D eigenvalue weighted by Crippen LogP contribution is -2.41. The first kappa shape index (κ1) is 14.5. The number of carboxylic acid groups (broad SMARTS) is 1. The summed E-state index contributed by atoms with van der Waals surface area (Å²) in [6.45, 7) is 5.65. The Hall–Kier alpha value is -1.59. The summed E-state index contributed by atoms with van der Waals surface area (Å²) in [6.07, 6.45) is 0.722. The molecule has 1 aliphatic rings. The van der Waals surface area contributed by atoms with E-state index in [0.29, 0.717) is 13.1 Å². The molecule has 6 nitrogen and oxygen atoms in total. The number of aliphatic carboxylic acids is 1. The number of nitrogens with zero attached hydrogens (tertiary/aromatic N) is 1. The monoisotopic (exact) mass is 256 g/mol. The maximum atomic E-state index is 12.1. The molecular weight excluding hydrogens is 236 g/mol. The Labute approximate surface area is 106 Å². The number of likely N-dealkylation sites (tertiary alicyclic amines) is 1. The topological polar surface area (TPSA) is 86.7 Å². The van der Waals surface area contributed by atoms with Crippen molar-refractivity contribution in [3.8, 4) is 0 Å². The maximum Gasteiger partial charge on any atom is 0.307 e. The number of rotatable bonds is 4. The van der Waals surface area contributed by atoms with Crippen LogP contribution in [0.15, 0.2) is 0 Å². The summed E-state index contributed by atoms with van der Waals surface area (Å²) in [7, 11) is 0. The van der Waals surface area contributed by atoms with Crippen molar-refractivity contribution in [1.29, 1.82) is 0 Å². The molecule has 6 heteroatoms. The van der Waals surface area contributed by atoms with Crippen LogP contribution in [0.5, 0.6) is 0 Å². The number of carbonyl (C=O) groups is 3. The molecule has 0 spiro atoms. The molecule has 0 aromatic heterocycles. The molecule has 0 saturated carbocycles. The molecule has 0 aliphatic carbocycles. The van der Waals surface area contributed by atoms with Gasteiger partial charge in [-0.1, -0.05) is 13.8 Å². The van der Waals surface area contributed by atoms with Gasteiger partial charge in [0.2, 0.25) is 11.8 Å². The van der Waals surface area contributed by atoms with Gasteiger partial charge in [0.15, 0.2) is 0 Å². The molecule has 2 amide bonds. The number of carbonyl (C=O) groups excluding carboxylic acids is 2. The van der Waals surface area contributed by atoms with Gasteiger partial charge in [0.05, 0.1) is 5.92 Å². The summed E-state index contributed by atoms with van der Waals surface area (Å²) in [6, 6.07) is -0.0150. The average Bonchev–Trinajstić information content (AvgIpc) is 2.73. The van der Waals surface area contributed by atoms with Gasteiger partial charge >= 0.3 is 5.97 Å². The molecule has 3 unspecified atom stereocenters. The number of nitrogens with one attached hydrogen (secondary N) is 1. The van der Waals surface area contributed by atoms with Crippen LogP contribution < -0.4 is 5.32 Å². The molecule has 0 radical (unpaired) electrons. The Morgan fingerprint density at radius 2 is 1.89 bits per heavy atom. The molecule has 0 bridgehead atoms. The van der Waals surface area contributed by atoms with E-state index in [9.17, 15) is 14.4 Å². The molecule has 0 aromatic carbocycles. The average molecular weight is 256 g/mol. The molecule has 18 heavy (non-hydrogen) atoms. The fraction of sp³-hybridized carbons (Fsp3) is 0.750. The van der Waals surface area contributed by atoms with Crippen LogP contribution in [0.25, 0.3) is 0 Å². The van der Waals surface area contributed by atoms with E-state index in [-0.39, 0.29) is 17.9 Å². The Morgan fingerprint density at radius 1 is 1.28 bits per heavy atom. The van der Waals surface area contributed by atoms with Crippen LogP contribution in [0.4, 0.5) is 0 Å². The van der Waals surface area contributed by atoms with E-state index < -0.39 is 17.8 Å². The van der Waals surface area contributed by atoms with E-state index in [0.717, 1.165) is 6.42 Å². The van der Waals surface area contributed by atoms with Gasteiger partial charge in [-0.15, -0.1) is 0 Å². The van der Waals surface area contributed by atoms with Crippen molar-refractivity contribution in [1.82, 2.24) is 10.2 Å². The Bertz CT molecular complexity index is 356. The van der Waals surface area contributed by atoms with Crippen molar-refractivity contribution < 1.29 is 19.5 Å². The van der Waals surface area contributed by atoms with Crippen LogP contribution >= 0.6 is 0 Å². The summed E-state index contributed by atoms with van der Waals surface area (Å²) in [5, 5.41) is 11.7. The first-order valence-electron chi connectivity index (χ1n) is 6.11. The zero-order valence-electron chi connectivity index (χ0n) is 11.0. The standard InChI is InChI=1S/C12H20N2O4/c1-7(8(2)12(17)18)11(16)14-5-4-10(6-14)13-9(3)15/h7-8,10H,4-6H2,1-3H3,(H,13,15)(H,17,18). The highest BCUT2D eigenvalue weighted by atomic mass is 16.4. The lowest BCUT2D eigenvalue weighted by molar-refractivity contribution is -0.148. The molecule has 2 N–H and O–H groups in total. The van der Waals surface area contributed by atoms with Gasteiger partial charge in [0.25, 0.3) is 0 Å². The highest BCUT2D eigenvalue weighted by molar-refractivity contribution is 5.84. The Morgan fingerprint density at radius 3 is 2.39 bits per heavy atom. The van der Waals surface area contributed by atoms with Crippen molar-refractivity contribution in [3.63, 3.8) is 0 Å². The third-order valence-corrected chi connectivity index (χ3v) is 3.44. The van der Waals surface area contributed by atoms with Gasteiger partial charge in [-0.2, -0.15) is 0 Å². The molecular formula is C12H20N2O4. The molecule has 1 heterocycles. The Kier molecular flexibility index (Phi) is 4.69. The largest absolute Gasteiger partial charge is 0.481 e. The quantitative estimate of drug-likeness (QED) is 0.745. The van der Waals surface area contributed by atoms with Crippen LogP contribution in [0.3, 0.4) is 0 Å². The van der Waals surface area contributed by atoms with Crippen molar-refractivity contribution in [2.24, 2.45) is 11.8 Å². The van der Waals surface area contributed by atoms with Crippen LogP contribution in [-0.2, 0) is 14.4 Å². The SMILES string of the molecule is CC(=O)NC1CCN(C(=O)C(C)C(C)C(=O)O)C1. The van der Waals surface area contributed by atoms with Crippen molar-refractivity contribution >= 4 is 17.8 Å². The van der Waals surface area contributed by atoms with Gasteiger partial charge in [0.1, 0.15) is 0 Å². The predicted molar refractivity (Wildman–Crippen MR) is 64.8 cm³/mol. The molecule has 1 rings (SSSR count). The van der Waals surface area contributed by atoms with E-state index in [1.165, 1.54) is 13.8 Å². The minimum Gasteiger partial charge on any atom is -0.481 e. The van der Waals surface area contributed by atoms with Gasteiger partial charge in [0, 0.05) is 32.0 Å². The van der Waals surface area contributed by atoms with E-state index in [1.807, 2.05) is 0 Å². The number of hydrogen-bond donors (Lipinski definition) is 2. The van der Waals surface area contributed by atoms with E-state index in [1.54, 1.807) is 11.8 Å². The van der Waals surface area contributed by atoms with Crippen LogP contribution in [-0.4, -0.2) is 46.9 Å². The second-order valence-electron chi connectivity index (χ2n) is 4.89. The third-order valence-electron chi connectivity index (χ3n) is 3.44. The van der Waals surface area contributed by atoms with E-state index >= 15 is 0 Å². The summed E-state index contributed by atoms with van der Waals surface area (Å²) in [5.41, 5.74) is 0. The highest BCUT2D eigenvalue weighted by Crippen LogP contribution is 2.18. The first-order chi connectivity index (χ1) is 8.32. The number of carboxylic acids is 1. The van der Waals surface area contributed by atoms with Gasteiger partial charge in [-0.05, 0) is 6.42 Å². The highest BCUT2D eigenvalue weighted by Gasteiger charge is 2.33. The smallest absolute Gasteiger partial charge is 0.307 e. The molecule has 0 aromatic rings. The number of amides is 2. The van der Waals surface area contributed by atoms with Gasteiger partial charge < -0.3 is 15.3 Å². The molecule has 1 aliphatic heterocycles. The normalized spacial score (nSPS) is 22.4. The van der Waals surface area contributed by atoms with E-state index in [4.69, 9.17) is 5.11 Å². The van der Waals surface area contributed by atoms with Crippen LogP contribution in [0.2, 0.25) is 0 Å². The first-order valence-corrected chi connectivity index (χ1v) is 6.11. The molecule has 3 atom stereocenters. The van der Waals surface area contributed by atoms with Crippen molar-refractivity contribution in [2.75, 3.05) is 13.1 Å². The Balaban J connectivity index is 2.54. The lowest BCUT2D eigenvalue weighted by Gasteiger charge is -2.23. The minimum absolute atomic E-state index is 0.0150. The molecule has 1 saturated heterocycles. The third kappa shape index (κ3) is 3.45. The number of hydrogen-bond acceptors (Lipinski definition) is 3. The molecule has 102 valence electrons. The molecule has 1 fully saturated rings. The van der Waals surface area contributed by atoms with Crippen molar-refractivity contribution in [3.05, 3.63) is 0 Å². The van der Waals surface area contributed by atoms with Gasteiger partial charge in [-0.25, -0.2) is 0 Å². The lowest BCUT2D eigenvalue weighted by atomic mass is 9.95. The van der Waals surface area contributed by atoms with E-state index in [2.05, 4.69) is 5.32 Å². The summed E-state index contributed by atoms with van der Waals surface area (Å²) < 4.78 is 0.